The normalized spacial score (nSPS) is 44.0. The van der Waals surface area contributed by atoms with Gasteiger partial charge >= 0.3 is 5.97 Å². The van der Waals surface area contributed by atoms with Crippen LogP contribution in [0.15, 0.2) is 0 Å². The summed E-state index contributed by atoms with van der Waals surface area (Å²) in [6.07, 6.45) is 13.8. The topological polar surface area (TPSA) is 87.0 Å². The molecule has 0 unspecified atom stereocenters. The number of aliphatic hydroxyl groups is 3. The van der Waals surface area contributed by atoms with E-state index in [0.29, 0.717) is 42.6 Å². The second kappa shape index (κ2) is 12.3. The minimum absolute atomic E-state index is 0.0782. The van der Waals surface area contributed by atoms with Gasteiger partial charge in [0.2, 0.25) is 0 Å². The van der Waals surface area contributed by atoms with Gasteiger partial charge < -0.3 is 20.1 Å². The van der Waals surface area contributed by atoms with Gasteiger partial charge in [0, 0.05) is 6.42 Å². The number of hydrogen-bond acceptors (Lipinski definition) is 5. The van der Waals surface area contributed by atoms with Crippen molar-refractivity contribution >= 4 is 5.97 Å². The molecule has 4 aliphatic rings. The molecular weight excluding hydrogens is 464 g/mol. The average Bonchev–Trinajstić information content (AvgIpc) is 3.22. The average molecular weight is 521 g/mol. The molecule has 0 aliphatic heterocycles. The highest BCUT2D eigenvalue weighted by Gasteiger charge is 2.65. The number of aliphatic hydroxyl groups excluding tert-OH is 3. The van der Waals surface area contributed by atoms with Crippen molar-refractivity contribution < 1.29 is 24.9 Å². The van der Waals surface area contributed by atoms with Gasteiger partial charge in [-0.3, -0.25) is 4.79 Å². The third-order valence-corrected chi connectivity index (χ3v) is 12.1. The van der Waals surface area contributed by atoms with Crippen molar-refractivity contribution in [2.75, 3.05) is 6.61 Å². The van der Waals surface area contributed by atoms with Crippen molar-refractivity contribution in [3.8, 4) is 0 Å². The highest BCUT2D eigenvalue weighted by Crippen LogP contribution is 2.68. The third kappa shape index (κ3) is 5.80. The molecule has 214 valence electrons. The van der Waals surface area contributed by atoms with E-state index in [1.807, 2.05) is 0 Å². The molecule has 4 saturated carbocycles. The smallest absolute Gasteiger partial charge is 0.305 e. The first-order valence-corrected chi connectivity index (χ1v) is 15.8. The van der Waals surface area contributed by atoms with E-state index < -0.39 is 0 Å². The lowest BCUT2D eigenvalue weighted by molar-refractivity contribution is -0.207. The second-order valence-corrected chi connectivity index (χ2v) is 14.0. The van der Waals surface area contributed by atoms with Crippen LogP contribution in [0, 0.1) is 46.3 Å². The first kappa shape index (κ1) is 29.3. The zero-order valence-electron chi connectivity index (χ0n) is 24.2. The molecule has 0 bridgehead atoms. The Balaban J connectivity index is 1.33. The molecule has 0 saturated heterocycles. The molecule has 0 heterocycles. The minimum atomic E-state index is -0.372. The number of carbonyl (C=O) groups excluding carboxylic acids is 1. The Morgan fingerprint density at radius 2 is 1.68 bits per heavy atom. The molecule has 0 aromatic heterocycles. The first-order chi connectivity index (χ1) is 17.6. The van der Waals surface area contributed by atoms with E-state index in [9.17, 15) is 20.1 Å². The van der Waals surface area contributed by atoms with Gasteiger partial charge in [0.25, 0.3) is 0 Å². The maximum atomic E-state index is 12.4. The van der Waals surface area contributed by atoms with Gasteiger partial charge in [-0.1, -0.05) is 59.8 Å². The zero-order valence-corrected chi connectivity index (χ0v) is 24.2. The van der Waals surface area contributed by atoms with E-state index in [1.165, 1.54) is 25.7 Å². The minimum Gasteiger partial charge on any atom is -0.466 e. The number of ether oxygens (including phenoxy) is 1. The van der Waals surface area contributed by atoms with Crippen LogP contribution in [-0.4, -0.2) is 46.2 Å². The van der Waals surface area contributed by atoms with Crippen LogP contribution in [0.4, 0.5) is 0 Å². The van der Waals surface area contributed by atoms with Crippen LogP contribution in [0.25, 0.3) is 0 Å². The van der Waals surface area contributed by atoms with Crippen LogP contribution in [-0.2, 0) is 9.53 Å². The van der Waals surface area contributed by atoms with E-state index in [2.05, 4.69) is 27.7 Å². The van der Waals surface area contributed by atoms with Crippen LogP contribution < -0.4 is 0 Å². The largest absolute Gasteiger partial charge is 0.466 e. The highest BCUT2D eigenvalue weighted by atomic mass is 16.5. The van der Waals surface area contributed by atoms with Crippen molar-refractivity contribution in [2.45, 2.75) is 142 Å². The summed E-state index contributed by atoms with van der Waals surface area (Å²) in [7, 11) is 0. The Hall–Kier alpha value is -0.650. The lowest BCUT2D eigenvalue weighted by Gasteiger charge is -2.63. The molecule has 0 amide bonds. The maximum absolute atomic E-state index is 12.4. The van der Waals surface area contributed by atoms with E-state index >= 15 is 0 Å². The molecule has 0 aromatic carbocycles. The number of rotatable bonds is 11. The lowest BCUT2D eigenvalue weighted by Crippen LogP contribution is -2.62. The van der Waals surface area contributed by atoms with Crippen molar-refractivity contribution in [3.05, 3.63) is 0 Å². The van der Waals surface area contributed by atoms with E-state index in [4.69, 9.17) is 4.74 Å². The molecule has 5 heteroatoms. The highest BCUT2D eigenvalue weighted by molar-refractivity contribution is 5.69. The number of fused-ring (bicyclic) bond motifs is 5. The fourth-order valence-corrected chi connectivity index (χ4v) is 9.82. The molecule has 37 heavy (non-hydrogen) atoms. The fourth-order valence-electron chi connectivity index (χ4n) is 9.82. The third-order valence-electron chi connectivity index (χ3n) is 12.1. The van der Waals surface area contributed by atoms with Gasteiger partial charge in [0.1, 0.15) is 0 Å². The van der Waals surface area contributed by atoms with Crippen LogP contribution in [0.3, 0.4) is 0 Å². The van der Waals surface area contributed by atoms with Gasteiger partial charge in [-0.2, -0.15) is 0 Å². The molecule has 3 N–H and O–H groups in total. The van der Waals surface area contributed by atoms with Gasteiger partial charge in [-0.05, 0) is 104 Å². The molecular formula is C32H56O5. The van der Waals surface area contributed by atoms with Gasteiger partial charge in [-0.25, -0.2) is 0 Å². The van der Waals surface area contributed by atoms with Gasteiger partial charge in [0.05, 0.1) is 24.9 Å². The summed E-state index contributed by atoms with van der Waals surface area (Å²) in [5, 5.41) is 33.5. The predicted octanol–water partition coefficient (Wildman–Crippen LogP) is 6.27. The SMILES string of the molecule is CCCCCCCCOC(=O)CC[C@@H](C)[C@H]1CC[C@H]2[C@@H]3[C@H](O)C[C@@H]4C[C@H](O)CC[C@]4(C)[C@H]3C[C@H](O)[C@]12C. The van der Waals surface area contributed by atoms with Crippen molar-refractivity contribution in [1.29, 1.82) is 0 Å². The standard InChI is InChI=1S/C32H56O5/c1-5-6-7-8-9-10-17-37-29(36)14-11-21(2)24-12-13-25-30-26(20-28(35)32(24,25)4)31(3)16-15-23(33)18-22(31)19-27(30)34/h21-28,30,33-35H,5-20H2,1-4H3/t21-,22+,23-,24-,25+,26+,27-,28+,30+,31+,32-/m1/s1. The lowest BCUT2D eigenvalue weighted by atomic mass is 9.43. The Morgan fingerprint density at radius 3 is 2.43 bits per heavy atom. The Bertz CT molecular complexity index is 755. The Morgan fingerprint density at radius 1 is 0.946 bits per heavy atom. The van der Waals surface area contributed by atoms with Gasteiger partial charge in [-0.15, -0.1) is 0 Å². The maximum Gasteiger partial charge on any atom is 0.305 e. The molecule has 4 aliphatic carbocycles. The molecule has 11 atom stereocenters. The number of esters is 1. The van der Waals surface area contributed by atoms with Crippen LogP contribution in [0.5, 0.6) is 0 Å². The summed E-state index contributed by atoms with van der Waals surface area (Å²) in [5.74, 6) is 1.88. The van der Waals surface area contributed by atoms with E-state index in [1.54, 1.807) is 0 Å². The van der Waals surface area contributed by atoms with Crippen LogP contribution in [0.2, 0.25) is 0 Å². The summed E-state index contributed by atoms with van der Waals surface area (Å²) in [5.41, 5.74) is -0.101. The number of unbranched alkanes of at least 4 members (excludes halogenated alkanes) is 5. The first-order valence-electron chi connectivity index (χ1n) is 15.8. The second-order valence-electron chi connectivity index (χ2n) is 14.0. The monoisotopic (exact) mass is 520 g/mol. The molecule has 0 radical (unpaired) electrons. The Labute approximate surface area is 226 Å². The van der Waals surface area contributed by atoms with Crippen LogP contribution in [0.1, 0.15) is 124 Å². The molecule has 0 spiro atoms. The summed E-state index contributed by atoms with van der Waals surface area (Å²) >= 11 is 0. The molecule has 0 aromatic rings. The van der Waals surface area contributed by atoms with E-state index in [0.717, 1.165) is 64.2 Å². The van der Waals surface area contributed by atoms with Gasteiger partial charge in [0.15, 0.2) is 0 Å². The molecule has 4 rings (SSSR count). The number of carbonyl (C=O) groups is 1. The summed E-state index contributed by atoms with van der Waals surface area (Å²) < 4.78 is 5.53. The van der Waals surface area contributed by atoms with Crippen molar-refractivity contribution in [2.24, 2.45) is 46.3 Å². The number of hydrogen-bond donors (Lipinski definition) is 3. The zero-order chi connectivity index (χ0) is 26.8. The fraction of sp³-hybridized carbons (Fsp3) is 0.969. The Kier molecular flexibility index (Phi) is 9.71. The summed E-state index contributed by atoms with van der Waals surface area (Å²) in [6, 6.07) is 0. The molecule has 5 nitrogen and oxygen atoms in total. The molecule has 4 fully saturated rings. The van der Waals surface area contributed by atoms with Crippen molar-refractivity contribution in [1.82, 2.24) is 0 Å². The van der Waals surface area contributed by atoms with E-state index in [-0.39, 0.29) is 41.0 Å². The van der Waals surface area contributed by atoms with Crippen molar-refractivity contribution in [3.63, 3.8) is 0 Å². The predicted molar refractivity (Wildman–Crippen MR) is 147 cm³/mol. The summed E-state index contributed by atoms with van der Waals surface area (Å²) in [4.78, 5) is 12.4. The quantitative estimate of drug-likeness (QED) is 0.221. The summed E-state index contributed by atoms with van der Waals surface area (Å²) in [6.45, 7) is 9.69. The van der Waals surface area contributed by atoms with Crippen LogP contribution >= 0.6 is 0 Å².